The Morgan fingerprint density at radius 1 is 1.03 bits per heavy atom. The van der Waals surface area contributed by atoms with Gasteiger partial charge in [0.1, 0.15) is 12.2 Å². The van der Waals surface area contributed by atoms with Crippen molar-refractivity contribution in [2.75, 3.05) is 6.61 Å². The summed E-state index contributed by atoms with van der Waals surface area (Å²) in [5.41, 5.74) is 5.36. The summed E-state index contributed by atoms with van der Waals surface area (Å²) in [7, 11) is 0. The number of rotatable bonds is 4. The molecular formula is C23H28O5S. The standard InChI is InChI=1S/C23H28O5S/c1-13(2)16-6-3-14(4-7-16)9-15-5-8-17-12-28-23(18(17)10-15)22(27)21(26)20(25)19(11-24)29-23/h3-8,10,13,19-22,24-27H,9,11-12H2,1-2H3/t19-,20-,21+,22-,23?/m1/s1. The quantitative estimate of drug-likeness (QED) is 0.611. The van der Waals surface area contributed by atoms with Gasteiger partial charge in [-0.05, 0) is 34.6 Å². The third kappa shape index (κ3) is 3.63. The highest BCUT2D eigenvalue weighted by Crippen LogP contribution is 2.54. The van der Waals surface area contributed by atoms with Gasteiger partial charge in [-0.3, -0.25) is 0 Å². The van der Waals surface area contributed by atoms with E-state index < -0.39 is 28.5 Å². The van der Waals surface area contributed by atoms with Gasteiger partial charge in [0.05, 0.1) is 24.6 Å². The minimum Gasteiger partial charge on any atom is -0.395 e. The lowest BCUT2D eigenvalue weighted by molar-refractivity contribution is -0.147. The van der Waals surface area contributed by atoms with Gasteiger partial charge in [0.25, 0.3) is 0 Å². The highest BCUT2D eigenvalue weighted by Gasteiger charge is 2.57. The smallest absolute Gasteiger partial charge is 0.168 e. The molecule has 0 aromatic heterocycles. The first-order valence-corrected chi connectivity index (χ1v) is 10.9. The first-order valence-electron chi connectivity index (χ1n) is 10.0. The summed E-state index contributed by atoms with van der Waals surface area (Å²) in [6.07, 6.45) is -3.13. The second kappa shape index (κ2) is 8.02. The molecule has 2 heterocycles. The SMILES string of the molecule is CC(C)c1ccc(Cc2ccc3c(c2)C2(OC3)S[C@H](CO)[C@@H](O)[C@H](O)[C@H]2O)cc1. The predicted molar refractivity (Wildman–Crippen MR) is 113 cm³/mol. The first-order chi connectivity index (χ1) is 13.9. The van der Waals surface area contributed by atoms with Crippen LogP contribution in [0.15, 0.2) is 42.5 Å². The van der Waals surface area contributed by atoms with Crippen molar-refractivity contribution >= 4 is 11.8 Å². The third-order valence-corrected chi connectivity index (χ3v) is 7.66. The Balaban J connectivity index is 1.64. The molecule has 6 heteroatoms. The van der Waals surface area contributed by atoms with Gasteiger partial charge in [-0.1, -0.05) is 56.3 Å². The molecule has 1 unspecified atom stereocenters. The summed E-state index contributed by atoms with van der Waals surface area (Å²) in [6.45, 7) is 4.36. The van der Waals surface area contributed by atoms with Crippen molar-refractivity contribution in [3.8, 4) is 0 Å². The number of aliphatic hydroxyl groups excluding tert-OH is 4. The zero-order valence-electron chi connectivity index (χ0n) is 16.7. The molecule has 2 aromatic rings. The number of benzene rings is 2. The van der Waals surface area contributed by atoms with E-state index >= 15 is 0 Å². The van der Waals surface area contributed by atoms with E-state index in [4.69, 9.17) is 4.74 Å². The fourth-order valence-electron chi connectivity index (χ4n) is 4.19. The predicted octanol–water partition coefficient (Wildman–Crippen LogP) is 2.27. The van der Waals surface area contributed by atoms with E-state index in [0.29, 0.717) is 12.5 Å². The Labute approximate surface area is 175 Å². The maximum Gasteiger partial charge on any atom is 0.168 e. The van der Waals surface area contributed by atoms with Gasteiger partial charge in [-0.2, -0.15) is 0 Å². The molecule has 0 bridgehead atoms. The van der Waals surface area contributed by atoms with Crippen LogP contribution in [0.5, 0.6) is 0 Å². The zero-order valence-corrected chi connectivity index (χ0v) is 17.5. The second-order valence-corrected chi connectivity index (χ2v) is 9.73. The van der Waals surface area contributed by atoms with E-state index in [9.17, 15) is 20.4 Å². The minimum absolute atomic E-state index is 0.308. The van der Waals surface area contributed by atoms with E-state index in [0.717, 1.165) is 23.1 Å². The molecule has 0 radical (unpaired) electrons. The van der Waals surface area contributed by atoms with Crippen molar-refractivity contribution < 1.29 is 25.2 Å². The van der Waals surface area contributed by atoms with Gasteiger partial charge < -0.3 is 25.2 Å². The van der Waals surface area contributed by atoms with Crippen molar-refractivity contribution in [1.29, 1.82) is 0 Å². The lowest BCUT2D eigenvalue weighted by Gasteiger charge is -2.45. The Bertz CT molecular complexity index is 866. The number of thioether (sulfide) groups is 1. The zero-order chi connectivity index (χ0) is 20.8. The topological polar surface area (TPSA) is 90.2 Å². The highest BCUT2D eigenvalue weighted by molar-refractivity contribution is 8.00. The van der Waals surface area contributed by atoms with Crippen LogP contribution in [0.1, 0.15) is 47.6 Å². The molecule has 1 spiro atoms. The van der Waals surface area contributed by atoms with E-state index in [1.54, 1.807) is 0 Å². The van der Waals surface area contributed by atoms with E-state index in [1.807, 2.05) is 12.1 Å². The Morgan fingerprint density at radius 2 is 1.72 bits per heavy atom. The molecule has 156 valence electrons. The van der Waals surface area contributed by atoms with Crippen molar-refractivity contribution in [2.45, 2.75) is 61.3 Å². The summed E-state index contributed by atoms with van der Waals surface area (Å²) in [5, 5.41) is 40.3. The van der Waals surface area contributed by atoms with Crippen LogP contribution in [-0.2, 0) is 22.7 Å². The minimum atomic E-state index is -1.38. The summed E-state index contributed by atoms with van der Waals surface area (Å²) in [4.78, 5) is -1.18. The lowest BCUT2D eigenvalue weighted by Crippen LogP contribution is -2.58. The van der Waals surface area contributed by atoms with Crippen LogP contribution in [0.2, 0.25) is 0 Å². The van der Waals surface area contributed by atoms with E-state index in [2.05, 4.69) is 44.2 Å². The molecule has 0 saturated carbocycles. The molecule has 2 aliphatic rings. The Kier molecular flexibility index (Phi) is 5.77. The van der Waals surface area contributed by atoms with Crippen LogP contribution in [0.4, 0.5) is 0 Å². The van der Waals surface area contributed by atoms with Crippen LogP contribution in [-0.4, -0.2) is 50.6 Å². The second-order valence-electron chi connectivity index (χ2n) is 8.29. The van der Waals surface area contributed by atoms with Gasteiger partial charge >= 0.3 is 0 Å². The monoisotopic (exact) mass is 416 g/mol. The summed E-state index contributed by atoms with van der Waals surface area (Å²) >= 11 is 1.19. The number of ether oxygens (including phenoxy) is 1. The highest BCUT2D eigenvalue weighted by atomic mass is 32.2. The molecular weight excluding hydrogens is 388 g/mol. The van der Waals surface area contributed by atoms with Crippen molar-refractivity contribution in [1.82, 2.24) is 0 Å². The Hall–Kier alpha value is -1.41. The van der Waals surface area contributed by atoms with Crippen LogP contribution >= 0.6 is 11.8 Å². The number of aliphatic hydroxyl groups is 4. The van der Waals surface area contributed by atoms with E-state index in [1.165, 1.54) is 22.9 Å². The van der Waals surface area contributed by atoms with Gasteiger partial charge in [0.15, 0.2) is 4.93 Å². The number of hydrogen-bond donors (Lipinski definition) is 4. The van der Waals surface area contributed by atoms with Crippen molar-refractivity contribution in [3.05, 3.63) is 70.3 Å². The molecule has 0 aliphatic carbocycles. The largest absolute Gasteiger partial charge is 0.395 e. The third-order valence-electron chi connectivity index (χ3n) is 6.00. The maximum atomic E-state index is 10.8. The van der Waals surface area contributed by atoms with Gasteiger partial charge in [0.2, 0.25) is 0 Å². The lowest BCUT2D eigenvalue weighted by atomic mass is 9.91. The fraction of sp³-hybridized carbons (Fsp3) is 0.478. The molecule has 0 amide bonds. The summed E-state index contributed by atoms with van der Waals surface area (Å²) in [6, 6.07) is 14.7. The Morgan fingerprint density at radius 3 is 2.38 bits per heavy atom. The van der Waals surface area contributed by atoms with Crippen LogP contribution in [0.3, 0.4) is 0 Å². The van der Waals surface area contributed by atoms with Gasteiger partial charge in [0, 0.05) is 5.56 Å². The molecule has 4 rings (SSSR count). The van der Waals surface area contributed by atoms with Gasteiger partial charge in [-0.15, -0.1) is 11.8 Å². The molecule has 5 atom stereocenters. The number of hydrogen-bond acceptors (Lipinski definition) is 6. The normalized spacial score (nSPS) is 31.4. The van der Waals surface area contributed by atoms with Crippen molar-refractivity contribution in [2.24, 2.45) is 0 Å². The summed E-state index contributed by atoms with van der Waals surface area (Å²) < 4.78 is 5.99. The molecule has 5 nitrogen and oxygen atoms in total. The van der Waals surface area contributed by atoms with Crippen LogP contribution in [0.25, 0.3) is 0 Å². The van der Waals surface area contributed by atoms with Crippen LogP contribution in [0, 0.1) is 0 Å². The molecule has 2 aromatic carbocycles. The summed E-state index contributed by atoms with van der Waals surface area (Å²) in [5.74, 6) is 0.493. The number of fused-ring (bicyclic) bond motifs is 2. The first kappa shape index (κ1) is 20.8. The molecule has 2 aliphatic heterocycles. The van der Waals surface area contributed by atoms with E-state index in [-0.39, 0.29) is 6.61 Å². The van der Waals surface area contributed by atoms with Crippen LogP contribution < -0.4 is 0 Å². The molecule has 1 saturated heterocycles. The molecule has 1 fully saturated rings. The fourth-order valence-corrected chi connectivity index (χ4v) is 5.73. The molecule has 29 heavy (non-hydrogen) atoms. The molecule has 4 N–H and O–H groups in total. The van der Waals surface area contributed by atoms with Crippen molar-refractivity contribution in [3.63, 3.8) is 0 Å². The average molecular weight is 417 g/mol. The van der Waals surface area contributed by atoms with Gasteiger partial charge in [-0.25, -0.2) is 0 Å². The average Bonchev–Trinajstić information content (AvgIpc) is 3.08. The maximum absolute atomic E-state index is 10.8.